The van der Waals surface area contributed by atoms with Crippen molar-refractivity contribution in [3.05, 3.63) is 29.3 Å². The molecule has 0 unspecified atom stereocenters. The van der Waals surface area contributed by atoms with Gasteiger partial charge in [0.1, 0.15) is 0 Å². The fourth-order valence-electron chi connectivity index (χ4n) is 1.43. The van der Waals surface area contributed by atoms with Gasteiger partial charge in [-0.25, -0.2) is 0 Å². The van der Waals surface area contributed by atoms with Gasteiger partial charge in [-0.15, -0.1) is 12.6 Å². The molecule has 0 aliphatic rings. The second-order valence-electron chi connectivity index (χ2n) is 3.50. The summed E-state index contributed by atoms with van der Waals surface area (Å²) in [5.41, 5.74) is 12.2. The Kier molecular flexibility index (Phi) is 4.65. The molecule has 4 N–H and O–H groups in total. The quantitative estimate of drug-likeness (QED) is 0.522. The number of amides is 1. The average Bonchev–Trinajstić information content (AvgIpc) is 2.17. The minimum absolute atomic E-state index is 0.411. The van der Waals surface area contributed by atoms with Gasteiger partial charge in [0, 0.05) is 10.5 Å². The zero-order chi connectivity index (χ0) is 11.3. The van der Waals surface area contributed by atoms with Crippen LogP contribution in [0.4, 0.5) is 0 Å². The molecule has 1 aromatic carbocycles. The van der Waals surface area contributed by atoms with Crippen LogP contribution >= 0.6 is 12.6 Å². The maximum Gasteiger partial charge on any atom is 0.248 e. The van der Waals surface area contributed by atoms with Gasteiger partial charge >= 0.3 is 0 Å². The second kappa shape index (κ2) is 5.78. The molecule has 0 aromatic heterocycles. The van der Waals surface area contributed by atoms with Gasteiger partial charge in [0.05, 0.1) is 0 Å². The highest BCUT2D eigenvalue weighted by atomic mass is 32.1. The first-order valence-corrected chi connectivity index (χ1v) is 5.41. The van der Waals surface area contributed by atoms with E-state index in [4.69, 9.17) is 11.5 Å². The maximum atomic E-state index is 11.0. The van der Waals surface area contributed by atoms with Crippen molar-refractivity contribution < 1.29 is 4.79 Å². The second-order valence-corrected chi connectivity index (χ2v) is 4.01. The van der Waals surface area contributed by atoms with Crippen LogP contribution in [-0.2, 0) is 6.42 Å². The van der Waals surface area contributed by atoms with Crippen molar-refractivity contribution in [3.63, 3.8) is 0 Å². The van der Waals surface area contributed by atoms with Crippen molar-refractivity contribution in [2.75, 3.05) is 6.54 Å². The minimum atomic E-state index is -0.411. The van der Waals surface area contributed by atoms with Crippen molar-refractivity contribution in [1.82, 2.24) is 0 Å². The summed E-state index contributed by atoms with van der Waals surface area (Å²) in [6, 6.07) is 5.45. The van der Waals surface area contributed by atoms with Crippen molar-refractivity contribution in [2.45, 2.75) is 24.2 Å². The summed E-state index contributed by atoms with van der Waals surface area (Å²) in [4.78, 5) is 11.8. The number of rotatable bonds is 5. The van der Waals surface area contributed by atoms with E-state index in [-0.39, 0.29) is 0 Å². The summed E-state index contributed by atoms with van der Waals surface area (Å²) in [6.45, 7) is 0.698. The number of thiol groups is 1. The molecule has 0 bridgehead atoms. The minimum Gasteiger partial charge on any atom is -0.366 e. The van der Waals surface area contributed by atoms with Crippen LogP contribution in [0, 0.1) is 0 Å². The van der Waals surface area contributed by atoms with Gasteiger partial charge in [-0.3, -0.25) is 4.79 Å². The smallest absolute Gasteiger partial charge is 0.248 e. The predicted molar refractivity (Wildman–Crippen MR) is 64.2 cm³/mol. The summed E-state index contributed by atoms with van der Waals surface area (Å²) in [6.07, 6.45) is 2.92. The average molecular weight is 224 g/mol. The summed E-state index contributed by atoms with van der Waals surface area (Å²) in [7, 11) is 0. The summed E-state index contributed by atoms with van der Waals surface area (Å²) >= 11 is 4.23. The lowest BCUT2D eigenvalue weighted by molar-refractivity contribution is 0.1000. The molecular formula is C11H16N2OS. The third-order valence-corrected chi connectivity index (χ3v) is 2.44. The highest BCUT2D eigenvalue weighted by Gasteiger charge is 2.03. The molecule has 0 heterocycles. The zero-order valence-electron chi connectivity index (χ0n) is 8.57. The van der Waals surface area contributed by atoms with Crippen LogP contribution in [0.1, 0.15) is 28.8 Å². The van der Waals surface area contributed by atoms with E-state index >= 15 is 0 Å². The highest BCUT2D eigenvalue weighted by Crippen LogP contribution is 2.15. The summed E-state index contributed by atoms with van der Waals surface area (Å²) in [5.74, 6) is -0.411. The van der Waals surface area contributed by atoms with Crippen molar-refractivity contribution in [2.24, 2.45) is 11.5 Å². The number of benzene rings is 1. The molecule has 0 aliphatic carbocycles. The van der Waals surface area contributed by atoms with Crippen LogP contribution in [-0.4, -0.2) is 12.5 Å². The van der Waals surface area contributed by atoms with Crippen molar-refractivity contribution >= 4 is 18.5 Å². The Morgan fingerprint density at radius 2 is 2.00 bits per heavy atom. The third kappa shape index (κ3) is 3.93. The largest absolute Gasteiger partial charge is 0.366 e. The lowest BCUT2D eigenvalue weighted by atomic mass is 10.0. The van der Waals surface area contributed by atoms with Gasteiger partial charge in [0.2, 0.25) is 5.91 Å². The number of carbonyl (C=O) groups is 1. The molecule has 0 atom stereocenters. The molecule has 0 radical (unpaired) electrons. The number of hydrogen-bond acceptors (Lipinski definition) is 3. The Morgan fingerprint density at radius 1 is 1.27 bits per heavy atom. The molecule has 82 valence electrons. The number of primary amides is 1. The van der Waals surface area contributed by atoms with Crippen LogP contribution in [0.25, 0.3) is 0 Å². The third-order valence-electron chi connectivity index (χ3n) is 2.18. The standard InChI is InChI=1S/C11H16N2OS/c12-4-2-1-3-8-5-9(11(13)14)7-10(15)6-8/h5-7,15H,1-4,12H2,(H2,13,14). The number of carbonyl (C=O) groups excluding carboxylic acids is 1. The van der Waals surface area contributed by atoms with Crippen LogP contribution in [0.3, 0.4) is 0 Å². The van der Waals surface area contributed by atoms with Crippen LogP contribution in [0.15, 0.2) is 23.1 Å². The first-order valence-electron chi connectivity index (χ1n) is 4.96. The monoisotopic (exact) mass is 224 g/mol. The predicted octanol–water partition coefficient (Wildman–Crippen LogP) is 1.36. The Balaban J connectivity index is 2.75. The summed E-state index contributed by atoms with van der Waals surface area (Å²) in [5, 5.41) is 0. The van der Waals surface area contributed by atoms with E-state index in [1.165, 1.54) is 0 Å². The van der Waals surface area contributed by atoms with Gasteiger partial charge in [-0.2, -0.15) is 0 Å². The molecule has 1 rings (SSSR count). The molecule has 0 saturated heterocycles. The fourth-order valence-corrected chi connectivity index (χ4v) is 1.74. The molecule has 15 heavy (non-hydrogen) atoms. The number of nitrogens with two attached hydrogens (primary N) is 2. The molecule has 1 aromatic rings. The highest BCUT2D eigenvalue weighted by molar-refractivity contribution is 7.80. The van der Waals surface area contributed by atoms with Gasteiger partial charge in [-0.1, -0.05) is 0 Å². The topological polar surface area (TPSA) is 69.1 Å². The molecule has 0 spiro atoms. The van der Waals surface area contributed by atoms with E-state index in [9.17, 15) is 4.79 Å². The summed E-state index contributed by atoms with van der Waals surface area (Å²) < 4.78 is 0. The normalized spacial score (nSPS) is 10.3. The lowest BCUT2D eigenvalue weighted by Crippen LogP contribution is -2.11. The van der Waals surface area contributed by atoms with E-state index in [0.717, 1.165) is 29.7 Å². The molecule has 4 heteroatoms. The first-order chi connectivity index (χ1) is 7.13. The molecule has 1 amide bonds. The Labute approximate surface area is 95.3 Å². The Hall–Kier alpha value is -1.00. The Morgan fingerprint density at radius 3 is 2.60 bits per heavy atom. The lowest BCUT2D eigenvalue weighted by Gasteiger charge is -2.04. The molecule has 0 fully saturated rings. The molecule has 0 aliphatic heterocycles. The van der Waals surface area contributed by atoms with Crippen molar-refractivity contribution in [3.8, 4) is 0 Å². The molecule has 3 nitrogen and oxygen atoms in total. The zero-order valence-corrected chi connectivity index (χ0v) is 9.47. The first kappa shape index (κ1) is 12.1. The van der Waals surface area contributed by atoms with Gasteiger partial charge in [0.25, 0.3) is 0 Å². The van der Waals surface area contributed by atoms with E-state index in [2.05, 4.69) is 12.6 Å². The van der Waals surface area contributed by atoms with Crippen LogP contribution in [0.2, 0.25) is 0 Å². The number of unbranched alkanes of at least 4 members (excludes halogenated alkanes) is 1. The van der Waals surface area contributed by atoms with Crippen molar-refractivity contribution in [1.29, 1.82) is 0 Å². The maximum absolute atomic E-state index is 11.0. The van der Waals surface area contributed by atoms with E-state index in [1.807, 2.05) is 12.1 Å². The van der Waals surface area contributed by atoms with Gasteiger partial charge < -0.3 is 11.5 Å². The van der Waals surface area contributed by atoms with Crippen LogP contribution < -0.4 is 11.5 Å². The number of aryl methyl sites for hydroxylation is 1. The van der Waals surface area contributed by atoms with E-state index in [0.29, 0.717) is 12.1 Å². The van der Waals surface area contributed by atoms with E-state index in [1.54, 1.807) is 6.07 Å². The number of hydrogen-bond donors (Lipinski definition) is 3. The fraction of sp³-hybridized carbons (Fsp3) is 0.364. The molecule has 0 saturated carbocycles. The van der Waals surface area contributed by atoms with Crippen LogP contribution in [0.5, 0.6) is 0 Å². The van der Waals surface area contributed by atoms with E-state index < -0.39 is 5.91 Å². The van der Waals surface area contributed by atoms with Gasteiger partial charge in [0.15, 0.2) is 0 Å². The Bertz CT molecular complexity index is 352. The molecular weight excluding hydrogens is 208 g/mol. The SMILES string of the molecule is NCCCCc1cc(S)cc(C(N)=O)c1. The van der Waals surface area contributed by atoms with Gasteiger partial charge in [-0.05, 0) is 49.6 Å².